The number of carbonyl (C=O) groups excluding carboxylic acids is 5. The van der Waals surface area contributed by atoms with Crippen LogP contribution in [0.5, 0.6) is 0 Å². The number of ether oxygens (including phenoxy) is 4. The van der Waals surface area contributed by atoms with E-state index in [1.54, 1.807) is 13.8 Å². The van der Waals surface area contributed by atoms with Crippen molar-refractivity contribution < 1.29 is 52.9 Å². The lowest BCUT2D eigenvalue weighted by Crippen LogP contribution is -2.26. The highest BCUT2D eigenvalue weighted by molar-refractivity contribution is 5.81. The third-order valence-corrected chi connectivity index (χ3v) is 11.7. The molecule has 0 saturated heterocycles. The van der Waals surface area contributed by atoms with Gasteiger partial charge in [0.15, 0.2) is 0 Å². The Kier molecular flexibility index (Phi) is 63.8. The molecule has 0 radical (unpaired) electrons. The average molecular weight is 992 g/mol. The lowest BCUT2D eigenvalue weighted by atomic mass is 9.92. The highest BCUT2D eigenvalue weighted by Gasteiger charge is 2.26. The fraction of sp³-hybridized carbons (Fsp3) is 0.870. The van der Waals surface area contributed by atoms with Gasteiger partial charge in [-0.25, -0.2) is 4.79 Å². The molecule has 0 fully saturated rings. The zero-order valence-corrected chi connectivity index (χ0v) is 47.0. The average Bonchev–Trinajstić information content (AvgIpc) is 3.31. The molecule has 0 aliphatic rings. The molecule has 0 heterocycles. The molecular formula is C54H109N3O12. The van der Waals surface area contributed by atoms with Crippen molar-refractivity contribution in [3.8, 4) is 0 Å². The number of nitro groups is 1. The van der Waals surface area contributed by atoms with Gasteiger partial charge in [-0.1, -0.05) is 128 Å². The number of carbonyl (C=O) groups is 5. The van der Waals surface area contributed by atoms with Crippen molar-refractivity contribution in [3.63, 3.8) is 0 Å². The van der Waals surface area contributed by atoms with Crippen LogP contribution in [-0.2, 0) is 42.9 Å². The van der Waals surface area contributed by atoms with E-state index in [9.17, 15) is 34.1 Å². The van der Waals surface area contributed by atoms with Gasteiger partial charge in [0.05, 0.1) is 26.4 Å². The van der Waals surface area contributed by atoms with E-state index in [1.165, 1.54) is 12.5 Å². The smallest absolute Gasteiger partial charge is 0.330 e. The summed E-state index contributed by atoms with van der Waals surface area (Å²) in [6.45, 7) is 35.6. The third-order valence-electron chi connectivity index (χ3n) is 11.7. The van der Waals surface area contributed by atoms with Crippen LogP contribution in [0.2, 0.25) is 0 Å². The number of nitrogens with zero attached hydrogens (tertiary/aromatic N) is 1. The number of aliphatic hydroxyl groups excluding tert-OH is 1. The second-order valence-corrected chi connectivity index (χ2v) is 18.3. The van der Waals surface area contributed by atoms with Crippen molar-refractivity contribution in [1.82, 2.24) is 0 Å². The lowest BCUT2D eigenvalue weighted by molar-refractivity contribution is -0.523. The predicted molar refractivity (Wildman–Crippen MR) is 283 cm³/mol. The van der Waals surface area contributed by atoms with Crippen LogP contribution >= 0.6 is 0 Å². The molecule has 0 rings (SSSR count). The van der Waals surface area contributed by atoms with Crippen LogP contribution in [-0.4, -0.2) is 92.4 Å². The zero-order valence-electron chi connectivity index (χ0n) is 47.0. The van der Waals surface area contributed by atoms with E-state index in [1.807, 2.05) is 33.8 Å². The summed E-state index contributed by atoms with van der Waals surface area (Å²) >= 11 is 0. The molecule has 9 unspecified atom stereocenters. The summed E-state index contributed by atoms with van der Waals surface area (Å²) < 4.78 is 19.2. The molecule has 0 saturated carbocycles. The molecule has 0 aliphatic heterocycles. The summed E-state index contributed by atoms with van der Waals surface area (Å²) in [5.74, 6) is 3.07. The number of aldehydes is 1. The summed E-state index contributed by atoms with van der Waals surface area (Å²) in [7, 11) is 0. The monoisotopic (exact) mass is 992 g/mol. The number of esters is 4. The molecule has 9 atom stereocenters. The molecule has 412 valence electrons. The molecule has 0 aromatic carbocycles. The Bertz CT molecular complexity index is 1190. The van der Waals surface area contributed by atoms with Gasteiger partial charge in [-0.2, -0.15) is 0 Å². The van der Waals surface area contributed by atoms with Gasteiger partial charge in [-0.15, -0.1) is 0 Å². The van der Waals surface area contributed by atoms with E-state index < -0.39 is 12.0 Å². The van der Waals surface area contributed by atoms with Gasteiger partial charge in [-0.3, -0.25) is 24.5 Å². The standard InChI is InChI=1S/2C11H23NO2.C10H19NO4.C10H18O2.C6H14O.C6H12O/c2*1-4-9(3)6-10(8-12)7-11(13)14-5-2;1-4-8(3)6-9(11(13)14)7-10(12)15-5-2;1-4-9(3)7-6-8-10(11)12-5-2;2*1-3-6(2)4-5-7/h2*9-10H,4-8,12H2,1-3H3;8-9H,4-7H2,1-3H3;6,8-9H,4-5,7H2,1-3H3;6-7H,3-5H2,1-2H3;5-6H,3-4H2,1-2H3. The van der Waals surface area contributed by atoms with E-state index in [0.29, 0.717) is 88.4 Å². The van der Waals surface area contributed by atoms with Crippen molar-refractivity contribution in [2.45, 2.75) is 213 Å². The molecule has 5 N–H and O–H groups in total. The molecule has 0 spiro atoms. The zero-order chi connectivity index (χ0) is 54.6. The van der Waals surface area contributed by atoms with Crippen LogP contribution < -0.4 is 11.5 Å². The molecule has 0 aliphatic carbocycles. The second kappa shape index (κ2) is 57.2. The Labute approximate surface area is 422 Å². The minimum absolute atomic E-state index is 0.119. The van der Waals surface area contributed by atoms with Crippen molar-refractivity contribution in [2.24, 2.45) is 58.8 Å². The molecule has 0 aromatic rings. The number of hydrogen-bond acceptors (Lipinski definition) is 14. The molecular weight excluding hydrogens is 883 g/mol. The fourth-order valence-corrected chi connectivity index (χ4v) is 5.70. The number of hydrogen-bond donors (Lipinski definition) is 3. The van der Waals surface area contributed by atoms with E-state index >= 15 is 0 Å². The highest BCUT2D eigenvalue weighted by atomic mass is 16.6. The molecule has 0 aromatic heterocycles. The Morgan fingerprint density at radius 3 is 1.16 bits per heavy atom. The first kappa shape index (κ1) is 77.0. The van der Waals surface area contributed by atoms with Gasteiger partial charge in [-0.05, 0) is 114 Å². The Hall–Kier alpha value is -3.43. The maximum absolute atomic E-state index is 11.2. The lowest BCUT2D eigenvalue weighted by Gasteiger charge is -2.17. The van der Waals surface area contributed by atoms with Crippen LogP contribution in [0.4, 0.5) is 0 Å². The van der Waals surface area contributed by atoms with Gasteiger partial charge in [0.25, 0.3) is 0 Å². The van der Waals surface area contributed by atoms with Crippen LogP contribution in [0.1, 0.15) is 207 Å². The van der Waals surface area contributed by atoms with Gasteiger partial charge in [0.1, 0.15) is 12.7 Å². The minimum Gasteiger partial charge on any atom is -0.466 e. The summed E-state index contributed by atoms with van der Waals surface area (Å²) in [5, 5.41) is 19.1. The first-order valence-corrected chi connectivity index (χ1v) is 26.5. The summed E-state index contributed by atoms with van der Waals surface area (Å²) in [6, 6.07) is -0.806. The topological polar surface area (TPSA) is 238 Å². The molecule has 15 heteroatoms. The number of aliphatic hydroxyl groups is 1. The van der Waals surface area contributed by atoms with Crippen molar-refractivity contribution in [3.05, 3.63) is 22.3 Å². The van der Waals surface area contributed by atoms with Crippen molar-refractivity contribution >= 4 is 30.2 Å². The van der Waals surface area contributed by atoms with Gasteiger partial charge in [0, 0.05) is 43.3 Å². The Balaban J connectivity index is -0.000000176. The van der Waals surface area contributed by atoms with Crippen LogP contribution in [0.15, 0.2) is 12.2 Å². The predicted octanol–water partition coefficient (Wildman–Crippen LogP) is 11.5. The van der Waals surface area contributed by atoms with Crippen molar-refractivity contribution in [2.75, 3.05) is 46.1 Å². The quantitative estimate of drug-likeness (QED) is 0.0142. The summed E-state index contributed by atoms with van der Waals surface area (Å²) in [6.07, 6.45) is 16.9. The number of allylic oxidation sites excluding steroid dienone is 1. The van der Waals surface area contributed by atoms with E-state index in [-0.39, 0.29) is 53.6 Å². The van der Waals surface area contributed by atoms with Gasteiger partial charge < -0.3 is 40.3 Å². The Morgan fingerprint density at radius 1 is 0.536 bits per heavy atom. The molecule has 0 amide bonds. The largest absolute Gasteiger partial charge is 0.466 e. The van der Waals surface area contributed by atoms with E-state index in [4.69, 9.17) is 35.5 Å². The maximum Gasteiger partial charge on any atom is 0.330 e. The fourth-order valence-electron chi connectivity index (χ4n) is 5.70. The van der Waals surface area contributed by atoms with Crippen LogP contribution in [0.3, 0.4) is 0 Å². The first-order valence-electron chi connectivity index (χ1n) is 26.5. The minimum atomic E-state index is -0.806. The molecule has 69 heavy (non-hydrogen) atoms. The van der Waals surface area contributed by atoms with E-state index in [2.05, 4.69) is 69.2 Å². The second-order valence-electron chi connectivity index (χ2n) is 18.3. The number of nitrogens with two attached hydrogens (primary N) is 2. The number of rotatable bonds is 32. The van der Waals surface area contributed by atoms with Gasteiger partial charge >= 0.3 is 23.9 Å². The summed E-state index contributed by atoms with van der Waals surface area (Å²) in [4.78, 5) is 64.4. The van der Waals surface area contributed by atoms with Crippen LogP contribution in [0, 0.1) is 57.5 Å². The first-order chi connectivity index (χ1) is 32.6. The third kappa shape index (κ3) is 60.6. The van der Waals surface area contributed by atoms with Crippen molar-refractivity contribution in [1.29, 1.82) is 0 Å². The van der Waals surface area contributed by atoms with Gasteiger partial charge in [0.2, 0.25) is 6.04 Å². The van der Waals surface area contributed by atoms with Crippen LogP contribution in [0.25, 0.3) is 0 Å². The Morgan fingerprint density at radius 2 is 0.884 bits per heavy atom. The maximum atomic E-state index is 11.2. The highest BCUT2D eigenvalue weighted by Crippen LogP contribution is 2.19. The normalized spacial score (nSPS) is 14.2. The molecule has 0 bridgehead atoms. The van der Waals surface area contributed by atoms with E-state index in [0.717, 1.165) is 70.5 Å². The summed E-state index contributed by atoms with van der Waals surface area (Å²) in [5.41, 5.74) is 11.2. The molecule has 15 nitrogen and oxygen atoms in total. The SMILES string of the molecule is CCC(C)CC=O.CCC(C)CCO.CCOC(=O)C=CCC(C)CC.CCOC(=O)CC(CC(C)CC)[N+](=O)[O-].CCOC(=O)CC(CN)CC(C)CC.CCOC(=O)CC(CN)CC(C)CC.